The van der Waals surface area contributed by atoms with E-state index < -0.39 is 0 Å². The number of carbonyl (C=O) groups excluding carboxylic acids is 1. The van der Waals surface area contributed by atoms with E-state index in [1.54, 1.807) is 11.1 Å². The third kappa shape index (κ3) is 1.60. The number of anilines is 2. The molecule has 0 aliphatic carbocycles. The van der Waals surface area contributed by atoms with Crippen molar-refractivity contribution in [3.8, 4) is 0 Å². The van der Waals surface area contributed by atoms with E-state index in [1.807, 2.05) is 18.2 Å². The highest BCUT2D eigenvalue weighted by Gasteiger charge is 2.27. The van der Waals surface area contributed by atoms with Crippen LogP contribution in [0.4, 0.5) is 11.4 Å². The molecule has 90 valence electrons. The fourth-order valence-corrected chi connectivity index (χ4v) is 2.22. The summed E-state index contributed by atoms with van der Waals surface area (Å²) in [6, 6.07) is 5.62. The Morgan fingerprint density at radius 1 is 1.33 bits per heavy atom. The average Bonchev–Trinajstić information content (AvgIpc) is 2.84. The Kier molecular flexibility index (Phi) is 2.44. The van der Waals surface area contributed by atoms with Crippen LogP contribution in [-0.4, -0.2) is 22.4 Å². The number of benzene rings is 1. The van der Waals surface area contributed by atoms with Gasteiger partial charge in [0.15, 0.2) is 0 Å². The quantitative estimate of drug-likeness (QED) is 0.762. The second-order valence-corrected chi connectivity index (χ2v) is 4.14. The van der Waals surface area contributed by atoms with Gasteiger partial charge in [0.2, 0.25) is 0 Å². The van der Waals surface area contributed by atoms with Crippen molar-refractivity contribution in [2.45, 2.75) is 6.42 Å². The molecule has 1 amide bonds. The Balaban J connectivity index is 1.98. The molecular formula is C13H12N4O. The predicted molar refractivity (Wildman–Crippen MR) is 68.3 cm³/mol. The third-order valence-corrected chi connectivity index (χ3v) is 3.09. The number of carbonyl (C=O) groups is 1. The first kappa shape index (κ1) is 10.7. The maximum absolute atomic E-state index is 12.3. The number of nitrogens with zero attached hydrogens (tertiary/aromatic N) is 3. The zero-order chi connectivity index (χ0) is 12.5. The predicted octanol–water partition coefficient (Wildman–Crippen LogP) is 1.26. The Morgan fingerprint density at radius 3 is 3.00 bits per heavy atom. The molecule has 18 heavy (non-hydrogen) atoms. The van der Waals surface area contributed by atoms with Crippen LogP contribution in [0, 0.1) is 0 Å². The van der Waals surface area contributed by atoms with Crippen molar-refractivity contribution < 1.29 is 4.79 Å². The summed E-state index contributed by atoms with van der Waals surface area (Å²) in [7, 11) is 0. The van der Waals surface area contributed by atoms with E-state index >= 15 is 0 Å². The smallest absolute Gasteiger partial charge is 0.278 e. The third-order valence-electron chi connectivity index (χ3n) is 3.09. The molecule has 0 atom stereocenters. The number of rotatable bonds is 1. The highest BCUT2D eigenvalue weighted by Crippen LogP contribution is 2.32. The van der Waals surface area contributed by atoms with Crippen LogP contribution in [0.2, 0.25) is 0 Å². The van der Waals surface area contributed by atoms with Crippen LogP contribution >= 0.6 is 0 Å². The van der Waals surface area contributed by atoms with Gasteiger partial charge in [0.25, 0.3) is 5.91 Å². The molecule has 0 fully saturated rings. The van der Waals surface area contributed by atoms with Gasteiger partial charge in [-0.05, 0) is 18.6 Å². The number of fused-ring (bicyclic) bond motifs is 1. The number of hydrogen-bond donors (Lipinski definition) is 1. The zero-order valence-electron chi connectivity index (χ0n) is 9.71. The maximum Gasteiger partial charge on any atom is 0.278 e. The molecule has 0 radical (unpaired) electrons. The summed E-state index contributed by atoms with van der Waals surface area (Å²) < 4.78 is 0. The fraction of sp³-hybridized carbons (Fsp3) is 0.154. The van der Waals surface area contributed by atoms with E-state index in [1.165, 1.54) is 12.4 Å². The molecule has 5 nitrogen and oxygen atoms in total. The minimum absolute atomic E-state index is 0.132. The summed E-state index contributed by atoms with van der Waals surface area (Å²) in [5, 5.41) is 0. The maximum atomic E-state index is 12.3. The van der Waals surface area contributed by atoms with Gasteiger partial charge in [0.05, 0.1) is 6.20 Å². The fourth-order valence-electron chi connectivity index (χ4n) is 2.22. The standard InChI is InChI=1S/C13H12N4O/c14-10-2-1-3-12-9(10)4-7-17(12)13(18)11-8-15-5-6-16-11/h1-3,5-6,8H,4,7,14H2. The van der Waals surface area contributed by atoms with Gasteiger partial charge in [0, 0.05) is 35.9 Å². The molecule has 5 heteroatoms. The number of hydrogen-bond acceptors (Lipinski definition) is 4. The Morgan fingerprint density at radius 2 is 2.22 bits per heavy atom. The molecule has 1 aromatic carbocycles. The molecule has 0 unspecified atom stereocenters. The lowest BCUT2D eigenvalue weighted by molar-refractivity contribution is 0.0984. The van der Waals surface area contributed by atoms with E-state index in [0.717, 1.165) is 23.4 Å². The van der Waals surface area contributed by atoms with Crippen LogP contribution < -0.4 is 10.6 Å². The highest BCUT2D eigenvalue weighted by molar-refractivity contribution is 6.06. The molecule has 2 aromatic rings. The van der Waals surface area contributed by atoms with Gasteiger partial charge < -0.3 is 10.6 Å². The molecule has 1 aliphatic heterocycles. The van der Waals surface area contributed by atoms with Crippen molar-refractivity contribution in [2.75, 3.05) is 17.2 Å². The van der Waals surface area contributed by atoms with Crippen LogP contribution in [0.1, 0.15) is 16.1 Å². The zero-order valence-corrected chi connectivity index (χ0v) is 9.71. The normalized spacial score (nSPS) is 13.4. The number of aromatic nitrogens is 2. The molecule has 0 saturated carbocycles. The Labute approximate surface area is 104 Å². The van der Waals surface area contributed by atoms with Crippen LogP contribution in [0.5, 0.6) is 0 Å². The van der Waals surface area contributed by atoms with Crippen LogP contribution in [0.3, 0.4) is 0 Å². The Bertz CT molecular complexity index is 597. The summed E-state index contributed by atoms with van der Waals surface area (Å²) in [5.41, 5.74) is 8.92. The van der Waals surface area contributed by atoms with Crippen LogP contribution in [0.25, 0.3) is 0 Å². The van der Waals surface area contributed by atoms with Crippen molar-refractivity contribution >= 4 is 17.3 Å². The summed E-state index contributed by atoms with van der Waals surface area (Å²) >= 11 is 0. The molecule has 0 spiro atoms. The summed E-state index contributed by atoms with van der Waals surface area (Å²) in [4.78, 5) is 22.0. The number of amides is 1. The topological polar surface area (TPSA) is 72.1 Å². The largest absolute Gasteiger partial charge is 0.398 e. The van der Waals surface area contributed by atoms with Gasteiger partial charge >= 0.3 is 0 Å². The highest BCUT2D eigenvalue weighted by atomic mass is 16.2. The van der Waals surface area contributed by atoms with E-state index in [9.17, 15) is 4.79 Å². The van der Waals surface area contributed by atoms with Gasteiger partial charge in [-0.2, -0.15) is 0 Å². The van der Waals surface area contributed by atoms with Crippen molar-refractivity contribution in [3.05, 3.63) is 48.0 Å². The first-order valence-electron chi connectivity index (χ1n) is 5.72. The average molecular weight is 240 g/mol. The van der Waals surface area contributed by atoms with Crippen molar-refractivity contribution in [3.63, 3.8) is 0 Å². The van der Waals surface area contributed by atoms with Crippen molar-refractivity contribution in [1.29, 1.82) is 0 Å². The molecule has 3 rings (SSSR count). The molecule has 0 bridgehead atoms. The van der Waals surface area contributed by atoms with Gasteiger partial charge in [-0.1, -0.05) is 6.07 Å². The second kappa shape index (κ2) is 4.10. The minimum atomic E-state index is -0.132. The van der Waals surface area contributed by atoms with Gasteiger partial charge in [0.1, 0.15) is 5.69 Å². The lowest BCUT2D eigenvalue weighted by Gasteiger charge is -2.16. The van der Waals surface area contributed by atoms with Crippen molar-refractivity contribution in [2.24, 2.45) is 0 Å². The SMILES string of the molecule is Nc1cccc2c1CCN2C(=O)c1cnccn1. The van der Waals surface area contributed by atoms with Crippen molar-refractivity contribution in [1.82, 2.24) is 9.97 Å². The number of nitrogen functional groups attached to an aromatic ring is 1. The Hall–Kier alpha value is -2.43. The lowest BCUT2D eigenvalue weighted by atomic mass is 10.1. The van der Waals surface area contributed by atoms with E-state index in [0.29, 0.717) is 12.2 Å². The monoisotopic (exact) mass is 240 g/mol. The summed E-state index contributed by atoms with van der Waals surface area (Å²) in [6.45, 7) is 0.638. The minimum Gasteiger partial charge on any atom is -0.398 e. The number of nitrogens with two attached hydrogens (primary N) is 1. The summed E-state index contributed by atoms with van der Waals surface area (Å²) in [6.07, 6.45) is 5.33. The second-order valence-electron chi connectivity index (χ2n) is 4.14. The first-order valence-corrected chi connectivity index (χ1v) is 5.72. The van der Waals surface area contributed by atoms with E-state index in [2.05, 4.69) is 9.97 Å². The lowest BCUT2D eigenvalue weighted by Crippen LogP contribution is -2.29. The van der Waals surface area contributed by atoms with E-state index in [4.69, 9.17) is 5.73 Å². The molecule has 1 aliphatic rings. The van der Waals surface area contributed by atoms with Gasteiger partial charge in [-0.15, -0.1) is 0 Å². The van der Waals surface area contributed by atoms with Crippen LogP contribution in [0.15, 0.2) is 36.8 Å². The molecule has 0 saturated heterocycles. The van der Waals surface area contributed by atoms with E-state index in [-0.39, 0.29) is 5.91 Å². The molecular weight excluding hydrogens is 228 g/mol. The first-order chi connectivity index (χ1) is 8.77. The molecule has 1 aromatic heterocycles. The van der Waals surface area contributed by atoms with Crippen LogP contribution in [-0.2, 0) is 6.42 Å². The molecule has 2 N–H and O–H groups in total. The summed E-state index contributed by atoms with van der Waals surface area (Å²) in [5.74, 6) is -0.132. The van der Waals surface area contributed by atoms with Gasteiger partial charge in [-0.25, -0.2) is 4.98 Å². The molecule has 2 heterocycles. The van der Waals surface area contributed by atoms with Gasteiger partial charge in [-0.3, -0.25) is 9.78 Å².